The Hall–Kier alpha value is -1.13. The molecule has 0 aromatic carbocycles. The second kappa shape index (κ2) is 7.23. The molecule has 0 aliphatic carbocycles. The Balaban J connectivity index is 2.10. The van der Waals surface area contributed by atoms with E-state index in [1.165, 1.54) is 33.8 Å². The molecule has 0 spiro atoms. The van der Waals surface area contributed by atoms with Gasteiger partial charge in [-0.05, 0) is 69.2 Å². The second-order valence-corrected chi connectivity index (χ2v) is 6.87. The third-order valence-electron chi connectivity index (χ3n) is 4.26. The van der Waals surface area contributed by atoms with Gasteiger partial charge in [0.25, 0.3) is 0 Å². The van der Waals surface area contributed by atoms with Gasteiger partial charge in [-0.2, -0.15) is 5.10 Å². The van der Waals surface area contributed by atoms with Crippen LogP contribution in [-0.4, -0.2) is 16.3 Å². The maximum Gasteiger partial charge on any atom is 0.0628 e. The van der Waals surface area contributed by atoms with E-state index in [1.807, 2.05) is 23.1 Å². The number of nitrogens with zero attached hydrogens (tertiary/aromatic N) is 2. The van der Waals surface area contributed by atoms with Crippen molar-refractivity contribution in [3.05, 3.63) is 38.8 Å². The molecule has 2 aromatic rings. The summed E-state index contributed by atoms with van der Waals surface area (Å²) in [6.45, 7) is 9.80. The molecule has 0 saturated heterocycles. The van der Waals surface area contributed by atoms with Gasteiger partial charge in [-0.15, -0.1) is 11.3 Å². The summed E-state index contributed by atoms with van der Waals surface area (Å²) in [7, 11) is 2.03. The van der Waals surface area contributed by atoms with Crippen LogP contribution in [0.25, 0.3) is 0 Å². The molecule has 0 fully saturated rings. The lowest BCUT2D eigenvalue weighted by atomic mass is 9.98. The van der Waals surface area contributed by atoms with E-state index in [0.717, 1.165) is 19.4 Å². The van der Waals surface area contributed by atoms with Crippen LogP contribution >= 0.6 is 11.3 Å². The van der Waals surface area contributed by atoms with Gasteiger partial charge in [0.2, 0.25) is 0 Å². The average Bonchev–Trinajstić information content (AvgIpc) is 2.97. The van der Waals surface area contributed by atoms with Crippen molar-refractivity contribution >= 4 is 11.3 Å². The molecule has 0 bridgehead atoms. The molecule has 3 nitrogen and oxygen atoms in total. The normalized spacial score (nSPS) is 12.8. The number of aromatic nitrogens is 2. The van der Waals surface area contributed by atoms with Gasteiger partial charge < -0.3 is 5.32 Å². The lowest BCUT2D eigenvalue weighted by Crippen LogP contribution is -2.23. The van der Waals surface area contributed by atoms with Crippen LogP contribution in [0.2, 0.25) is 0 Å². The van der Waals surface area contributed by atoms with Crippen molar-refractivity contribution < 1.29 is 0 Å². The molecular weight excluding hydrogens is 278 g/mol. The van der Waals surface area contributed by atoms with Crippen LogP contribution < -0.4 is 5.32 Å². The first-order valence-corrected chi connectivity index (χ1v) is 8.69. The molecule has 0 amide bonds. The molecule has 2 aromatic heterocycles. The molecule has 1 atom stereocenters. The highest BCUT2D eigenvalue weighted by atomic mass is 32.1. The number of rotatable bonds is 7. The topological polar surface area (TPSA) is 29.9 Å². The molecule has 1 N–H and O–H groups in total. The van der Waals surface area contributed by atoms with Crippen LogP contribution in [0.4, 0.5) is 0 Å². The molecule has 116 valence electrons. The Morgan fingerprint density at radius 2 is 2.10 bits per heavy atom. The highest BCUT2D eigenvalue weighted by molar-refractivity contribution is 7.10. The Morgan fingerprint density at radius 3 is 2.62 bits per heavy atom. The first-order valence-electron chi connectivity index (χ1n) is 7.81. The minimum Gasteiger partial charge on any atom is -0.310 e. The van der Waals surface area contributed by atoms with Gasteiger partial charge in [-0.1, -0.05) is 6.92 Å². The molecule has 1 unspecified atom stereocenters. The van der Waals surface area contributed by atoms with Gasteiger partial charge in [0, 0.05) is 23.7 Å². The van der Waals surface area contributed by atoms with Crippen molar-refractivity contribution in [2.24, 2.45) is 7.05 Å². The van der Waals surface area contributed by atoms with Gasteiger partial charge in [-0.25, -0.2) is 0 Å². The summed E-state index contributed by atoms with van der Waals surface area (Å²) < 4.78 is 2.00. The maximum atomic E-state index is 4.53. The maximum absolute atomic E-state index is 4.53. The third kappa shape index (κ3) is 3.74. The molecule has 21 heavy (non-hydrogen) atoms. The predicted molar refractivity (Wildman–Crippen MR) is 91.1 cm³/mol. The average molecular weight is 305 g/mol. The fourth-order valence-corrected chi connectivity index (χ4v) is 3.68. The number of hydrogen-bond donors (Lipinski definition) is 1. The summed E-state index contributed by atoms with van der Waals surface area (Å²) >= 11 is 1.84. The predicted octanol–water partition coefficient (Wildman–Crippen LogP) is 4.08. The van der Waals surface area contributed by atoms with Crippen LogP contribution in [0.1, 0.15) is 53.2 Å². The van der Waals surface area contributed by atoms with Crippen molar-refractivity contribution in [3.8, 4) is 0 Å². The van der Waals surface area contributed by atoms with Crippen LogP contribution in [0.15, 0.2) is 11.4 Å². The molecule has 0 radical (unpaired) electrons. The fraction of sp³-hybridized carbons (Fsp3) is 0.588. The Kier molecular flexibility index (Phi) is 5.59. The van der Waals surface area contributed by atoms with E-state index in [4.69, 9.17) is 0 Å². The van der Waals surface area contributed by atoms with E-state index in [1.54, 1.807) is 0 Å². The van der Waals surface area contributed by atoms with Gasteiger partial charge in [0.05, 0.1) is 5.69 Å². The van der Waals surface area contributed by atoms with Crippen LogP contribution in [0.5, 0.6) is 0 Å². The molecule has 0 saturated carbocycles. The number of thiophene rings is 1. The minimum absolute atomic E-state index is 0.454. The van der Waals surface area contributed by atoms with E-state index in [-0.39, 0.29) is 0 Å². The smallest absolute Gasteiger partial charge is 0.0628 e. The SMILES string of the molecule is CCCNC(CCc1c(C)nn(C)c1C)c1ccsc1C. The number of hydrogen-bond acceptors (Lipinski definition) is 3. The molecule has 0 aliphatic rings. The molecule has 4 heteroatoms. The highest BCUT2D eigenvalue weighted by Gasteiger charge is 2.16. The second-order valence-electron chi connectivity index (χ2n) is 5.75. The zero-order chi connectivity index (χ0) is 15.4. The third-order valence-corrected chi connectivity index (χ3v) is 5.12. The summed E-state index contributed by atoms with van der Waals surface area (Å²) in [4.78, 5) is 1.43. The summed E-state index contributed by atoms with van der Waals surface area (Å²) in [5.74, 6) is 0. The highest BCUT2D eigenvalue weighted by Crippen LogP contribution is 2.27. The van der Waals surface area contributed by atoms with Crippen molar-refractivity contribution in [1.82, 2.24) is 15.1 Å². The quantitative estimate of drug-likeness (QED) is 0.835. The minimum atomic E-state index is 0.454. The monoisotopic (exact) mass is 305 g/mol. The summed E-state index contributed by atoms with van der Waals surface area (Å²) in [6.07, 6.45) is 3.39. The van der Waals surface area contributed by atoms with Crippen LogP contribution in [0, 0.1) is 20.8 Å². The van der Waals surface area contributed by atoms with Gasteiger partial charge >= 0.3 is 0 Å². The number of aryl methyl sites for hydroxylation is 3. The molecule has 0 aliphatic heterocycles. The van der Waals surface area contributed by atoms with E-state index in [0.29, 0.717) is 6.04 Å². The van der Waals surface area contributed by atoms with Gasteiger partial charge in [0.1, 0.15) is 0 Å². The van der Waals surface area contributed by atoms with Crippen molar-refractivity contribution in [1.29, 1.82) is 0 Å². The molecule has 2 rings (SSSR count). The van der Waals surface area contributed by atoms with Gasteiger partial charge in [0.15, 0.2) is 0 Å². The first kappa shape index (κ1) is 16.2. The van der Waals surface area contributed by atoms with E-state index < -0.39 is 0 Å². The van der Waals surface area contributed by atoms with Crippen molar-refractivity contribution in [2.75, 3.05) is 6.54 Å². The Labute approximate surface area is 132 Å². The lowest BCUT2D eigenvalue weighted by Gasteiger charge is -2.19. The van der Waals surface area contributed by atoms with E-state index in [2.05, 4.69) is 49.6 Å². The first-order chi connectivity index (χ1) is 10.0. The zero-order valence-electron chi connectivity index (χ0n) is 13.9. The van der Waals surface area contributed by atoms with Gasteiger partial charge in [-0.3, -0.25) is 4.68 Å². The Morgan fingerprint density at radius 1 is 1.33 bits per heavy atom. The standard InChI is InChI=1S/C17H27N3S/c1-6-10-18-17(16-9-11-21-14(16)4)8-7-15-12(2)19-20(5)13(15)3/h9,11,17-18H,6-8,10H2,1-5H3. The molecular formula is C17H27N3S. The summed E-state index contributed by atoms with van der Waals surface area (Å²) in [5.41, 5.74) is 5.34. The zero-order valence-corrected chi connectivity index (χ0v) is 14.7. The molecule has 2 heterocycles. The van der Waals surface area contributed by atoms with Crippen LogP contribution in [0.3, 0.4) is 0 Å². The fourth-order valence-electron chi connectivity index (χ4n) is 2.91. The van der Waals surface area contributed by atoms with Crippen molar-refractivity contribution in [3.63, 3.8) is 0 Å². The van der Waals surface area contributed by atoms with E-state index in [9.17, 15) is 0 Å². The summed E-state index contributed by atoms with van der Waals surface area (Å²) in [5, 5.41) is 10.4. The lowest BCUT2D eigenvalue weighted by molar-refractivity contribution is 0.498. The largest absolute Gasteiger partial charge is 0.310 e. The van der Waals surface area contributed by atoms with Crippen LogP contribution in [-0.2, 0) is 13.5 Å². The van der Waals surface area contributed by atoms with Crippen molar-refractivity contribution in [2.45, 2.75) is 53.0 Å². The van der Waals surface area contributed by atoms with E-state index >= 15 is 0 Å². The summed E-state index contributed by atoms with van der Waals surface area (Å²) in [6, 6.07) is 2.73. The number of nitrogens with one attached hydrogen (secondary N) is 1. The Bertz CT molecular complexity index is 583.